The molecule has 96 valence electrons. The van der Waals surface area contributed by atoms with Gasteiger partial charge in [-0.05, 0) is 44.1 Å². The van der Waals surface area contributed by atoms with E-state index in [0.29, 0.717) is 12.0 Å². The van der Waals surface area contributed by atoms with Gasteiger partial charge in [0, 0.05) is 12.1 Å². The molecule has 2 heteroatoms. The molecule has 0 amide bonds. The number of nitrogens with one attached hydrogen (secondary N) is 2. The SMILES string of the molecule is C#CC(NC1CCCC1C1CCCN1)C(C)C. The highest BCUT2D eigenvalue weighted by Crippen LogP contribution is 2.32. The minimum Gasteiger partial charge on any atom is -0.314 e. The Morgan fingerprint density at radius 3 is 2.65 bits per heavy atom. The van der Waals surface area contributed by atoms with Gasteiger partial charge in [-0.15, -0.1) is 6.42 Å². The largest absolute Gasteiger partial charge is 0.314 e. The van der Waals surface area contributed by atoms with Gasteiger partial charge in [-0.25, -0.2) is 0 Å². The van der Waals surface area contributed by atoms with Crippen molar-refractivity contribution in [2.45, 2.75) is 64.1 Å². The zero-order valence-corrected chi connectivity index (χ0v) is 11.2. The smallest absolute Gasteiger partial charge is 0.0712 e. The van der Waals surface area contributed by atoms with Gasteiger partial charge >= 0.3 is 0 Å². The molecule has 0 aromatic rings. The summed E-state index contributed by atoms with van der Waals surface area (Å²) < 4.78 is 0. The van der Waals surface area contributed by atoms with E-state index in [1.54, 1.807) is 0 Å². The van der Waals surface area contributed by atoms with Crippen molar-refractivity contribution in [3.05, 3.63) is 0 Å². The Kier molecular flexibility index (Phi) is 4.48. The van der Waals surface area contributed by atoms with Gasteiger partial charge in [0.25, 0.3) is 0 Å². The van der Waals surface area contributed by atoms with Crippen LogP contribution < -0.4 is 10.6 Å². The van der Waals surface area contributed by atoms with Gasteiger partial charge in [0.2, 0.25) is 0 Å². The van der Waals surface area contributed by atoms with Gasteiger partial charge in [-0.2, -0.15) is 0 Å². The van der Waals surface area contributed by atoms with Gasteiger partial charge in [0.15, 0.2) is 0 Å². The average Bonchev–Trinajstić information content (AvgIpc) is 2.95. The fourth-order valence-corrected chi connectivity index (χ4v) is 3.42. The highest BCUT2D eigenvalue weighted by Gasteiger charge is 2.35. The van der Waals surface area contributed by atoms with E-state index in [9.17, 15) is 0 Å². The lowest BCUT2D eigenvalue weighted by atomic mass is 9.91. The van der Waals surface area contributed by atoms with Crippen LogP contribution in [0.4, 0.5) is 0 Å². The first-order chi connectivity index (χ1) is 8.22. The summed E-state index contributed by atoms with van der Waals surface area (Å²) in [5.41, 5.74) is 0. The fraction of sp³-hybridized carbons (Fsp3) is 0.867. The Bertz CT molecular complexity index is 273. The molecular weight excluding hydrogens is 208 g/mol. The summed E-state index contributed by atoms with van der Waals surface area (Å²) in [6.45, 7) is 5.61. The molecule has 1 heterocycles. The normalized spacial score (nSPS) is 35.1. The van der Waals surface area contributed by atoms with Crippen LogP contribution in [0.25, 0.3) is 0 Å². The molecule has 0 aromatic carbocycles. The Morgan fingerprint density at radius 1 is 1.24 bits per heavy atom. The Morgan fingerprint density at radius 2 is 2.06 bits per heavy atom. The van der Waals surface area contributed by atoms with Gasteiger partial charge in [0.1, 0.15) is 0 Å². The molecule has 1 aliphatic heterocycles. The molecule has 2 N–H and O–H groups in total. The second-order valence-corrected chi connectivity index (χ2v) is 5.96. The van der Waals surface area contributed by atoms with E-state index in [2.05, 4.69) is 30.4 Å². The lowest BCUT2D eigenvalue weighted by Gasteiger charge is -2.30. The van der Waals surface area contributed by atoms with Crippen molar-refractivity contribution in [3.8, 4) is 12.3 Å². The topological polar surface area (TPSA) is 24.1 Å². The molecule has 2 fully saturated rings. The molecule has 1 saturated heterocycles. The predicted molar refractivity (Wildman–Crippen MR) is 72.7 cm³/mol. The van der Waals surface area contributed by atoms with E-state index in [-0.39, 0.29) is 6.04 Å². The van der Waals surface area contributed by atoms with Crippen LogP contribution in [0, 0.1) is 24.2 Å². The predicted octanol–water partition coefficient (Wildman–Crippen LogP) is 2.15. The second kappa shape index (κ2) is 5.89. The molecule has 1 saturated carbocycles. The molecule has 0 radical (unpaired) electrons. The Labute approximate surface area is 106 Å². The minimum atomic E-state index is 0.238. The Hall–Kier alpha value is -0.520. The van der Waals surface area contributed by atoms with E-state index in [1.807, 2.05) is 0 Å². The molecule has 1 aliphatic carbocycles. The van der Waals surface area contributed by atoms with E-state index >= 15 is 0 Å². The van der Waals surface area contributed by atoms with Crippen LogP contribution in [-0.4, -0.2) is 24.7 Å². The van der Waals surface area contributed by atoms with Crippen molar-refractivity contribution in [3.63, 3.8) is 0 Å². The molecule has 0 spiro atoms. The van der Waals surface area contributed by atoms with Crippen LogP contribution >= 0.6 is 0 Å². The maximum atomic E-state index is 5.62. The minimum absolute atomic E-state index is 0.238. The fourth-order valence-electron chi connectivity index (χ4n) is 3.42. The first-order valence-electron chi connectivity index (χ1n) is 7.18. The second-order valence-electron chi connectivity index (χ2n) is 5.96. The van der Waals surface area contributed by atoms with Crippen molar-refractivity contribution in [2.75, 3.05) is 6.54 Å². The molecular formula is C15H26N2. The molecule has 4 unspecified atom stereocenters. The zero-order valence-electron chi connectivity index (χ0n) is 11.2. The third-order valence-corrected chi connectivity index (χ3v) is 4.42. The van der Waals surface area contributed by atoms with E-state index < -0.39 is 0 Å². The van der Waals surface area contributed by atoms with Crippen LogP contribution in [0.1, 0.15) is 46.0 Å². The summed E-state index contributed by atoms with van der Waals surface area (Å²) in [6, 6.07) is 1.61. The quantitative estimate of drug-likeness (QED) is 0.728. The standard InChI is InChI=1S/C15H26N2/c1-4-13(11(2)3)17-15-8-5-7-12(15)14-9-6-10-16-14/h1,11-17H,5-10H2,2-3H3. The van der Waals surface area contributed by atoms with Gasteiger partial charge in [0.05, 0.1) is 6.04 Å². The summed E-state index contributed by atoms with van der Waals surface area (Å²) >= 11 is 0. The maximum Gasteiger partial charge on any atom is 0.0712 e. The van der Waals surface area contributed by atoms with Crippen LogP contribution in [0.2, 0.25) is 0 Å². The Balaban J connectivity index is 1.92. The first kappa shape index (κ1) is 12.9. The van der Waals surface area contributed by atoms with Crippen molar-refractivity contribution in [1.29, 1.82) is 0 Å². The molecule has 2 rings (SSSR count). The summed E-state index contributed by atoms with van der Waals surface area (Å²) in [5.74, 6) is 4.23. The molecule has 2 aliphatic rings. The van der Waals surface area contributed by atoms with E-state index in [1.165, 1.54) is 38.6 Å². The summed E-state index contributed by atoms with van der Waals surface area (Å²) in [6.07, 6.45) is 12.3. The average molecular weight is 234 g/mol. The number of hydrogen-bond donors (Lipinski definition) is 2. The third-order valence-electron chi connectivity index (χ3n) is 4.42. The maximum absolute atomic E-state index is 5.62. The molecule has 0 bridgehead atoms. The number of terminal acetylenes is 1. The highest BCUT2D eigenvalue weighted by molar-refractivity contribution is 5.04. The van der Waals surface area contributed by atoms with Crippen molar-refractivity contribution in [2.24, 2.45) is 11.8 Å². The van der Waals surface area contributed by atoms with Crippen LogP contribution in [-0.2, 0) is 0 Å². The summed E-state index contributed by atoms with van der Waals surface area (Å²) in [4.78, 5) is 0. The first-order valence-corrected chi connectivity index (χ1v) is 7.18. The summed E-state index contributed by atoms with van der Waals surface area (Å²) in [5, 5.41) is 7.37. The van der Waals surface area contributed by atoms with Crippen molar-refractivity contribution >= 4 is 0 Å². The third kappa shape index (κ3) is 3.03. The van der Waals surface area contributed by atoms with Crippen molar-refractivity contribution < 1.29 is 0 Å². The van der Waals surface area contributed by atoms with Gasteiger partial charge in [-0.1, -0.05) is 26.2 Å². The van der Waals surface area contributed by atoms with E-state index in [4.69, 9.17) is 6.42 Å². The monoisotopic (exact) mass is 234 g/mol. The van der Waals surface area contributed by atoms with Crippen LogP contribution in [0.5, 0.6) is 0 Å². The molecule has 2 nitrogen and oxygen atoms in total. The van der Waals surface area contributed by atoms with Crippen LogP contribution in [0.15, 0.2) is 0 Å². The molecule has 4 atom stereocenters. The van der Waals surface area contributed by atoms with Crippen molar-refractivity contribution in [1.82, 2.24) is 10.6 Å². The molecule has 17 heavy (non-hydrogen) atoms. The zero-order chi connectivity index (χ0) is 12.3. The highest BCUT2D eigenvalue weighted by atomic mass is 15.0. The summed E-state index contributed by atoms with van der Waals surface area (Å²) in [7, 11) is 0. The van der Waals surface area contributed by atoms with E-state index in [0.717, 1.165) is 12.0 Å². The van der Waals surface area contributed by atoms with Gasteiger partial charge in [-0.3, -0.25) is 0 Å². The van der Waals surface area contributed by atoms with Crippen LogP contribution in [0.3, 0.4) is 0 Å². The van der Waals surface area contributed by atoms with Gasteiger partial charge < -0.3 is 10.6 Å². The number of hydrogen-bond acceptors (Lipinski definition) is 2. The lowest BCUT2D eigenvalue weighted by molar-refractivity contribution is 0.294. The number of rotatable bonds is 4. The lowest BCUT2D eigenvalue weighted by Crippen LogP contribution is -2.47. The molecule has 0 aromatic heterocycles.